The van der Waals surface area contributed by atoms with E-state index in [-0.39, 0.29) is 5.82 Å². The molecule has 0 aliphatic rings. The Morgan fingerprint density at radius 2 is 2.00 bits per heavy atom. The van der Waals surface area contributed by atoms with Crippen molar-refractivity contribution in [2.24, 2.45) is 5.73 Å². The largest absolute Gasteiger partial charge is 0.322 e. The topological polar surface area (TPSA) is 38.9 Å². The molecule has 17 heavy (non-hydrogen) atoms. The molecule has 0 fully saturated rings. The number of nitrogens with two attached hydrogens (primary N) is 1. The Hall–Kier alpha value is -1.74. The zero-order chi connectivity index (χ0) is 12.3. The Balaban J connectivity index is 2.20. The highest BCUT2D eigenvalue weighted by Gasteiger charge is 2.13. The zero-order valence-electron chi connectivity index (χ0n) is 9.73. The number of halogens is 1. The normalized spacial score (nSPS) is 12.4. The van der Waals surface area contributed by atoms with E-state index in [4.69, 9.17) is 5.73 Å². The van der Waals surface area contributed by atoms with Crippen molar-refractivity contribution in [3.8, 4) is 0 Å². The van der Waals surface area contributed by atoms with E-state index < -0.39 is 6.04 Å². The van der Waals surface area contributed by atoms with E-state index in [1.165, 1.54) is 11.6 Å². The minimum atomic E-state index is -0.405. The monoisotopic (exact) mass is 230 g/mol. The number of pyridine rings is 1. The quantitative estimate of drug-likeness (QED) is 0.880. The molecule has 0 spiro atoms. The van der Waals surface area contributed by atoms with Crippen LogP contribution in [0.1, 0.15) is 22.9 Å². The molecule has 88 valence electrons. The van der Waals surface area contributed by atoms with Crippen molar-refractivity contribution in [1.82, 2.24) is 4.98 Å². The van der Waals surface area contributed by atoms with E-state index in [1.807, 2.05) is 31.2 Å². The standard InChI is InChI=1S/C14H15FN2/c1-10-5-2-3-6-11(10)9-13(16)14-12(15)7-4-8-17-14/h2-8,13H,9,16H2,1H3. The lowest BCUT2D eigenvalue weighted by Crippen LogP contribution is -2.17. The molecule has 1 aromatic heterocycles. The van der Waals surface area contributed by atoms with Gasteiger partial charge in [-0.3, -0.25) is 4.98 Å². The molecular formula is C14H15FN2. The predicted octanol–water partition coefficient (Wildman–Crippen LogP) is 2.77. The first-order valence-electron chi connectivity index (χ1n) is 5.59. The van der Waals surface area contributed by atoms with Gasteiger partial charge in [-0.05, 0) is 36.6 Å². The maximum absolute atomic E-state index is 13.5. The molecule has 1 aromatic carbocycles. The van der Waals surface area contributed by atoms with E-state index in [1.54, 1.807) is 12.3 Å². The van der Waals surface area contributed by atoms with E-state index in [9.17, 15) is 4.39 Å². The Morgan fingerprint density at radius 3 is 2.71 bits per heavy atom. The summed E-state index contributed by atoms with van der Waals surface area (Å²) in [4.78, 5) is 4.00. The molecule has 0 aliphatic heterocycles. The molecule has 0 saturated heterocycles. The number of rotatable bonds is 3. The van der Waals surface area contributed by atoms with Crippen LogP contribution < -0.4 is 5.73 Å². The van der Waals surface area contributed by atoms with E-state index in [0.717, 1.165) is 5.56 Å². The predicted molar refractivity (Wildman–Crippen MR) is 66.0 cm³/mol. The van der Waals surface area contributed by atoms with Crippen molar-refractivity contribution < 1.29 is 4.39 Å². The van der Waals surface area contributed by atoms with Crippen molar-refractivity contribution in [2.75, 3.05) is 0 Å². The number of nitrogens with zero attached hydrogens (tertiary/aromatic N) is 1. The van der Waals surface area contributed by atoms with Crippen molar-refractivity contribution in [3.05, 3.63) is 65.2 Å². The molecule has 2 nitrogen and oxygen atoms in total. The molecule has 0 aliphatic carbocycles. The Labute approximate surface area is 100 Å². The zero-order valence-corrected chi connectivity index (χ0v) is 9.73. The smallest absolute Gasteiger partial charge is 0.146 e. The minimum Gasteiger partial charge on any atom is -0.322 e. The first-order valence-corrected chi connectivity index (χ1v) is 5.59. The maximum atomic E-state index is 13.5. The third kappa shape index (κ3) is 2.68. The molecule has 0 bridgehead atoms. The first kappa shape index (κ1) is 11.7. The van der Waals surface area contributed by atoms with Crippen LogP contribution in [0, 0.1) is 12.7 Å². The molecule has 2 aromatic rings. The van der Waals surface area contributed by atoms with Gasteiger partial charge in [-0.25, -0.2) is 4.39 Å². The fourth-order valence-electron chi connectivity index (χ4n) is 1.84. The van der Waals surface area contributed by atoms with Gasteiger partial charge in [0, 0.05) is 6.20 Å². The second-order valence-electron chi connectivity index (χ2n) is 4.11. The number of hydrogen-bond acceptors (Lipinski definition) is 2. The van der Waals surface area contributed by atoms with Gasteiger partial charge in [-0.15, -0.1) is 0 Å². The van der Waals surface area contributed by atoms with Gasteiger partial charge in [0.1, 0.15) is 5.82 Å². The summed E-state index contributed by atoms with van der Waals surface area (Å²) < 4.78 is 13.5. The van der Waals surface area contributed by atoms with Gasteiger partial charge >= 0.3 is 0 Å². The minimum absolute atomic E-state index is 0.329. The highest BCUT2D eigenvalue weighted by atomic mass is 19.1. The lowest BCUT2D eigenvalue weighted by atomic mass is 9.99. The number of hydrogen-bond donors (Lipinski definition) is 1. The van der Waals surface area contributed by atoms with Crippen molar-refractivity contribution in [1.29, 1.82) is 0 Å². The summed E-state index contributed by atoms with van der Waals surface area (Å²) in [7, 11) is 0. The number of aryl methyl sites for hydroxylation is 1. The second kappa shape index (κ2) is 5.06. The maximum Gasteiger partial charge on any atom is 0.146 e. The van der Waals surface area contributed by atoms with Crippen LogP contribution in [0.2, 0.25) is 0 Å². The van der Waals surface area contributed by atoms with Crippen molar-refractivity contribution in [2.45, 2.75) is 19.4 Å². The molecule has 2 rings (SSSR count). The molecule has 1 atom stereocenters. The molecule has 3 heteroatoms. The molecule has 0 amide bonds. The third-order valence-electron chi connectivity index (χ3n) is 2.84. The van der Waals surface area contributed by atoms with Crippen LogP contribution >= 0.6 is 0 Å². The first-order chi connectivity index (χ1) is 8.18. The average molecular weight is 230 g/mol. The van der Waals surface area contributed by atoms with Gasteiger partial charge in [0.15, 0.2) is 0 Å². The van der Waals surface area contributed by atoms with E-state index in [2.05, 4.69) is 4.98 Å². The average Bonchev–Trinajstić information content (AvgIpc) is 2.32. The lowest BCUT2D eigenvalue weighted by molar-refractivity contribution is 0.563. The molecule has 1 unspecified atom stereocenters. The van der Waals surface area contributed by atoms with E-state index in [0.29, 0.717) is 12.1 Å². The van der Waals surface area contributed by atoms with Gasteiger partial charge in [0.05, 0.1) is 11.7 Å². The Bertz CT molecular complexity index is 511. The van der Waals surface area contributed by atoms with Crippen LogP contribution in [0.4, 0.5) is 4.39 Å². The summed E-state index contributed by atoms with van der Waals surface area (Å²) in [6.45, 7) is 2.02. The summed E-state index contributed by atoms with van der Waals surface area (Å²) in [5, 5.41) is 0. The molecule has 0 saturated carbocycles. The van der Waals surface area contributed by atoms with Crippen LogP contribution in [-0.2, 0) is 6.42 Å². The van der Waals surface area contributed by atoms with Crippen LogP contribution in [0.15, 0.2) is 42.6 Å². The SMILES string of the molecule is Cc1ccccc1CC(N)c1ncccc1F. The van der Waals surface area contributed by atoms with Crippen molar-refractivity contribution >= 4 is 0 Å². The fourth-order valence-corrected chi connectivity index (χ4v) is 1.84. The fraction of sp³-hybridized carbons (Fsp3) is 0.214. The van der Waals surface area contributed by atoms with Gasteiger partial charge in [0.2, 0.25) is 0 Å². The summed E-state index contributed by atoms with van der Waals surface area (Å²) >= 11 is 0. The van der Waals surface area contributed by atoms with Gasteiger partial charge in [-0.1, -0.05) is 24.3 Å². The van der Waals surface area contributed by atoms with Gasteiger partial charge in [0.25, 0.3) is 0 Å². The number of benzene rings is 1. The highest BCUT2D eigenvalue weighted by molar-refractivity contribution is 5.27. The Kier molecular flexibility index (Phi) is 3.49. The van der Waals surface area contributed by atoms with Crippen molar-refractivity contribution in [3.63, 3.8) is 0 Å². The number of aromatic nitrogens is 1. The highest BCUT2D eigenvalue weighted by Crippen LogP contribution is 2.18. The van der Waals surface area contributed by atoms with Crippen LogP contribution in [0.25, 0.3) is 0 Å². The van der Waals surface area contributed by atoms with Crippen LogP contribution in [0.3, 0.4) is 0 Å². The second-order valence-corrected chi connectivity index (χ2v) is 4.11. The summed E-state index contributed by atoms with van der Waals surface area (Å²) in [6, 6.07) is 10.5. The molecular weight excluding hydrogens is 215 g/mol. The molecule has 1 heterocycles. The summed E-state index contributed by atoms with van der Waals surface area (Å²) in [6.07, 6.45) is 2.16. The lowest BCUT2D eigenvalue weighted by Gasteiger charge is -2.13. The third-order valence-corrected chi connectivity index (χ3v) is 2.84. The van der Waals surface area contributed by atoms with Crippen LogP contribution in [-0.4, -0.2) is 4.98 Å². The van der Waals surface area contributed by atoms with Gasteiger partial charge in [-0.2, -0.15) is 0 Å². The summed E-state index contributed by atoms with van der Waals surface area (Å²) in [5.41, 5.74) is 8.62. The molecule has 0 radical (unpaired) electrons. The molecule has 2 N–H and O–H groups in total. The summed E-state index contributed by atoms with van der Waals surface area (Å²) in [5.74, 6) is -0.339. The van der Waals surface area contributed by atoms with Crippen LogP contribution in [0.5, 0.6) is 0 Å². The van der Waals surface area contributed by atoms with E-state index >= 15 is 0 Å². The Morgan fingerprint density at radius 1 is 1.24 bits per heavy atom. The van der Waals surface area contributed by atoms with Gasteiger partial charge < -0.3 is 5.73 Å².